The topological polar surface area (TPSA) is 42.3 Å². The zero-order valence-corrected chi connectivity index (χ0v) is 13.6. The maximum atomic E-state index is 9.70. The number of likely N-dealkylation sites (tertiary alicyclic amines) is 1. The lowest BCUT2D eigenvalue weighted by molar-refractivity contribution is 0.128. The quantitative estimate of drug-likeness (QED) is 0.839. The number of nitrogens with zero attached hydrogens (tertiary/aromatic N) is 3. The third-order valence-corrected chi connectivity index (χ3v) is 5.66. The van der Waals surface area contributed by atoms with E-state index in [2.05, 4.69) is 35.3 Å². The van der Waals surface area contributed by atoms with Crippen molar-refractivity contribution in [2.45, 2.75) is 62.6 Å². The highest BCUT2D eigenvalue weighted by atomic mass is 15.2. The van der Waals surface area contributed by atoms with E-state index in [-0.39, 0.29) is 5.54 Å². The van der Waals surface area contributed by atoms with Crippen LogP contribution in [0.1, 0.15) is 44.9 Å². The Bertz CT molecular complexity index is 400. The van der Waals surface area contributed by atoms with E-state index in [1.165, 1.54) is 51.7 Å². The zero-order valence-electron chi connectivity index (χ0n) is 13.6. The minimum absolute atomic E-state index is 0.245. The lowest BCUT2D eigenvalue weighted by atomic mass is 9.79. The van der Waals surface area contributed by atoms with Gasteiger partial charge in [0, 0.05) is 25.2 Å². The minimum Gasteiger partial charge on any atom is -0.306 e. The molecular weight excluding hydrogens is 260 g/mol. The predicted octanol–water partition coefficient (Wildman–Crippen LogP) is 1.83. The fourth-order valence-corrected chi connectivity index (χ4v) is 4.24. The molecule has 0 aromatic rings. The summed E-state index contributed by atoms with van der Waals surface area (Å²) < 4.78 is 0. The zero-order chi connectivity index (χ0) is 14.9. The second kappa shape index (κ2) is 6.24. The van der Waals surface area contributed by atoms with Crippen molar-refractivity contribution in [2.24, 2.45) is 5.92 Å². The maximum Gasteiger partial charge on any atom is 0.108 e. The van der Waals surface area contributed by atoms with E-state index >= 15 is 0 Å². The Balaban J connectivity index is 1.55. The van der Waals surface area contributed by atoms with Gasteiger partial charge in [0.2, 0.25) is 0 Å². The van der Waals surface area contributed by atoms with Gasteiger partial charge in [-0.3, -0.25) is 5.32 Å². The molecule has 3 atom stereocenters. The van der Waals surface area contributed by atoms with Gasteiger partial charge in [-0.2, -0.15) is 5.26 Å². The smallest absolute Gasteiger partial charge is 0.108 e. The molecule has 0 aromatic heterocycles. The minimum atomic E-state index is -0.245. The normalized spacial score (nSPS) is 37.8. The second-order valence-corrected chi connectivity index (χ2v) is 7.72. The second-order valence-electron chi connectivity index (χ2n) is 7.72. The molecule has 0 radical (unpaired) electrons. The van der Waals surface area contributed by atoms with Crippen molar-refractivity contribution >= 4 is 0 Å². The first kappa shape index (κ1) is 15.3. The van der Waals surface area contributed by atoms with E-state index in [0.29, 0.717) is 12.1 Å². The molecule has 21 heavy (non-hydrogen) atoms. The molecule has 0 aromatic carbocycles. The molecule has 1 N–H and O–H groups in total. The Morgan fingerprint density at radius 1 is 1.33 bits per heavy atom. The summed E-state index contributed by atoms with van der Waals surface area (Å²) in [5.74, 6) is 0.815. The molecule has 2 saturated carbocycles. The lowest BCUT2D eigenvalue weighted by Crippen LogP contribution is -2.53. The first-order valence-corrected chi connectivity index (χ1v) is 8.68. The molecule has 118 valence electrons. The van der Waals surface area contributed by atoms with Crippen LogP contribution >= 0.6 is 0 Å². The molecule has 1 heterocycles. The van der Waals surface area contributed by atoms with Crippen LogP contribution in [0.3, 0.4) is 0 Å². The number of nitriles is 1. The molecule has 3 rings (SSSR count). The molecule has 3 fully saturated rings. The summed E-state index contributed by atoms with van der Waals surface area (Å²) in [5, 5.41) is 13.3. The number of nitrogens with one attached hydrogen (secondary N) is 1. The highest BCUT2D eigenvalue weighted by molar-refractivity contribution is 5.13. The van der Waals surface area contributed by atoms with E-state index in [1.807, 2.05) is 0 Å². The summed E-state index contributed by atoms with van der Waals surface area (Å²) in [4.78, 5) is 4.98. The van der Waals surface area contributed by atoms with E-state index in [9.17, 15) is 5.26 Å². The van der Waals surface area contributed by atoms with Gasteiger partial charge in [-0.25, -0.2) is 0 Å². The van der Waals surface area contributed by atoms with Gasteiger partial charge in [0.25, 0.3) is 0 Å². The largest absolute Gasteiger partial charge is 0.306 e. The van der Waals surface area contributed by atoms with E-state index < -0.39 is 0 Å². The van der Waals surface area contributed by atoms with Crippen molar-refractivity contribution in [3.8, 4) is 6.07 Å². The fraction of sp³-hybridized carbons (Fsp3) is 0.941. The summed E-state index contributed by atoms with van der Waals surface area (Å²) in [6.07, 6.45) is 8.35. The Hall–Kier alpha value is -0.630. The fourth-order valence-electron chi connectivity index (χ4n) is 4.24. The Morgan fingerprint density at radius 2 is 2.14 bits per heavy atom. The predicted molar refractivity (Wildman–Crippen MR) is 85.0 cm³/mol. The van der Waals surface area contributed by atoms with Crippen molar-refractivity contribution in [1.82, 2.24) is 15.1 Å². The monoisotopic (exact) mass is 290 g/mol. The van der Waals surface area contributed by atoms with E-state index in [1.54, 1.807) is 0 Å². The van der Waals surface area contributed by atoms with Crippen molar-refractivity contribution in [1.29, 1.82) is 5.26 Å². The third-order valence-electron chi connectivity index (χ3n) is 5.66. The molecule has 1 saturated heterocycles. The Labute approximate surface area is 129 Å². The van der Waals surface area contributed by atoms with Crippen molar-refractivity contribution < 1.29 is 0 Å². The van der Waals surface area contributed by atoms with Crippen LogP contribution in [0, 0.1) is 17.2 Å². The van der Waals surface area contributed by atoms with Gasteiger partial charge in [-0.1, -0.05) is 0 Å². The average Bonchev–Trinajstić information content (AvgIpc) is 3.19. The van der Waals surface area contributed by atoms with Crippen LogP contribution < -0.4 is 5.32 Å². The van der Waals surface area contributed by atoms with Crippen molar-refractivity contribution in [3.63, 3.8) is 0 Å². The van der Waals surface area contributed by atoms with Gasteiger partial charge in [0.1, 0.15) is 5.54 Å². The lowest BCUT2D eigenvalue weighted by Gasteiger charge is -2.41. The highest BCUT2D eigenvalue weighted by Gasteiger charge is 2.41. The summed E-state index contributed by atoms with van der Waals surface area (Å²) in [6, 6.07) is 3.83. The van der Waals surface area contributed by atoms with Crippen LogP contribution in [-0.2, 0) is 0 Å². The maximum absolute atomic E-state index is 9.70. The van der Waals surface area contributed by atoms with Crippen LogP contribution in [0.25, 0.3) is 0 Å². The molecule has 0 spiro atoms. The summed E-state index contributed by atoms with van der Waals surface area (Å²) >= 11 is 0. The Kier molecular flexibility index (Phi) is 4.54. The number of hydrogen-bond acceptors (Lipinski definition) is 4. The number of rotatable bonds is 5. The third kappa shape index (κ3) is 3.77. The first-order chi connectivity index (χ1) is 10.1. The molecule has 3 unspecified atom stereocenters. The van der Waals surface area contributed by atoms with Crippen LogP contribution in [0.5, 0.6) is 0 Å². The molecule has 2 aliphatic carbocycles. The first-order valence-electron chi connectivity index (χ1n) is 8.68. The average molecular weight is 290 g/mol. The van der Waals surface area contributed by atoms with Crippen molar-refractivity contribution in [3.05, 3.63) is 0 Å². The van der Waals surface area contributed by atoms with Crippen LogP contribution in [-0.4, -0.2) is 61.2 Å². The van der Waals surface area contributed by atoms with Crippen LogP contribution in [0.15, 0.2) is 0 Å². The van der Waals surface area contributed by atoms with Gasteiger partial charge in [-0.05, 0) is 71.5 Å². The molecular formula is C17H30N4. The van der Waals surface area contributed by atoms with E-state index in [0.717, 1.165) is 18.8 Å². The van der Waals surface area contributed by atoms with Gasteiger partial charge in [-0.15, -0.1) is 0 Å². The molecule has 3 aliphatic rings. The van der Waals surface area contributed by atoms with Gasteiger partial charge in [0.05, 0.1) is 6.07 Å². The summed E-state index contributed by atoms with van der Waals surface area (Å²) in [5.41, 5.74) is -0.245. The standard InChI is InChI=1S/C17H30N4/c1-20-9-7-14(11-20)12-21(2)16-4-3-8-17(10-16,13-18)19-15-5-6-15/h14-16,19H,3-12H2,1-2H3. The van der Waals surface area contributed by atoms with Gasteiger partial charge < -0.3 is 9.80 Å². The van der Waals surface area contributed by atoms with Crippen LogP contribution in [0.2, 0.25) is 0 Å². The van der Waals surface area contributed by atoms with Crippen molar-refractivity contribution in [2.75, 3.05) is 33.7 Å². The van der Waals surface area contributed by atoms with E-state index in [4.69, 9.17) is 0 Å². The molecule has 1 aliphatic heterocycles. The highest BCUT2D eigenvalue weighted by Crippen LogP contribution is 2.34. The molecule has 4 heteroatoms. The van der Waals surface area contributed by atoms with Gasteiger partial charge >= 0.3 is 0 Å². The molecule has 0 bridgehead atoms. The number of hydrogen-bond donors (Lipinski definition) is 1. The van der Waals surface area contributed by atoms with Crippen LogP contribution in [0.4, 0.5) is 0 Å². The summed E-state index contributed by atoms with van der Waals surface area (Å²) in [6.45, 7) is 3.68. The SMILES string of the molecule is CN1CCC(CN(C)C2CCCC(C#N)(NC3CC3)C2)C1. The van der Waals surface area contributed by atoms with Gasteiger partial charge in [0.15, 0.2) is 0 Å². The molecule has 4 nitrogen and oxygen atoms in total. The Morgan fingerprint density at radius 3 is 2.76 bits per heavy atom. The summed E-state index contributed by atoms with van der Waals surface area (Å²) in [7, 11) is 4.49. The molecule has 0 amide bonds.